The van der Waals surface area contributed by atoms with Crippen LogP contribution in [0, 0.1) is 11.8 Å². The summed E-state index contributed by atoms with van der Waals surface area (Å²) in [6.45, 7) is 5.79. The lowest BCUT2D eigenvalue weighted by Gasteiger charge is -2.31. The molecule has 1 saturated heterocycles. The van der Waals surface area contributed by atoms with E-state index in [1.807, 2.05) is 6.92 Å². The maximum absolute atomic E-state index is 12.9. The van der Waals surface area contributed by atoms with Gasteiger partial charge in [0.2, 0.25) is 17.7 Å². The molecule has 0 aromatic heterocycles. The van der Waals surface area contributed by atoms with Gasteiger partial charge in [-0.05, 0) is 25.2 Å². The molecule has 160 valence electrons. The van der Waals surface area contributed by atoms with Crippen LogP contribution < -0.4 is 11.1 Å². The van der Waals surface area contributed by atoms with Gasteiger partial charge in [0.1, 0.15) is 18.2 Å². The summed E-state index contributed by atoms with van der Waals surface area (Å²) in [6.07, 6.45) is 1.95. The molecular weight excluding hydrogens is 366 g/mol. The van der Waals surface area contributed by atoms with Crippen molar-refractivity contribution in [2.24, 2.45) is 17.6 Å². The molecule has 0 aromatic carbocycles. The molecule has 1 aliphatic heterocycles. The van der Waals surface area contributed by atoms with E-state index in [2.05, 4.69) is 5.32 Å². The van der Waals surface area contributed by atoms with Gasteiger partial charge in [0.25, 0.3) is 0 Å². The first-order valence-electron chi connectivity index (χ1n) is 9.92. The number of nitrogens with zero attached hydrogens (tertiary/aromatic N) is 1. The van der Waals surface area contributed by atoms with Gasteiger partial charge in [-0.3, -0.25) is 14.4 Å². The first-order chi connectivity index (χ1) is 13.1. The molecule has 0 saturated carbocycles. The molecule has 9 heteroatoms. The number of aliphatic hydroxyl groups is 1. The van der Waals surface area contributed by atoms with Crippen LogP contribution in [0.15, 0.2) is 0 Å². The Balaban J connectivity index is 2.94. The SMILES string of the molecule is CCCCCC(C(=O)NC(C(=O)N1CCCC1C(=O)O)C(C)C)C(O)C(N)=O. The first-order valence-corrected chi connectivity index (χ1v) is 9.92. The number of nitrogens with two attached hydrogens (primary N) is 1. The summed E-state index contributed by atoms with van der Waals surface area (Å²) in [5, 5.41) is 22.0. The number of hydrogen-bond acceptors (Lipinski definition) is 5. The van der Waals surface area contributed by atoms with Crippen molar-refractivity contribution in [3.05, 3.63) is 0 Å². The molecule has 0 radical (unpaired) electrons. The number of amides is 3. The van der Waals surface area contributed by atoms with E-state index in [0.29, 0.717) is 25.8 Å². The molecule has 28 heavy (non-hydrogen) atoms. The minimum atomic E-state index is -1.64. The van der Waals surface area contributed by atoms with Crippen LogP contribution in [0.4, 0.5) is 0 Å². The Morgan fingerprint density at radius 1 is 1.21 bits per heavy atom. The number of unbranched alkanes of at least 4 members (excludes halogenated alkanes) is 2. The molecule has 0 aliphatic carbocycles. The first kappa shape index (κ1) is 23.9. The van der Waals surface area contributed by atoms with Crippen molar-refractivity contribution in [2.45, 2.75) is 77.5 Å². The summed E-state index contributed by atoms with van der Waals surface area (Å²) < 4.78 is 0. The zero-order valence-electron chi connectivity index (χ0n) is 16.9. The van der Waals surface area contributed by atoms with E-state index in [-0.39, 0.29) is 12.3 Å². The molecule has 9 nitrogen and oxygen atoms in total. The molecule has 5 N–H and O–H groups in total. The molecule has 0 spiro atoms. The second-order valence-electron chi connectivity index (χ2n) is 7.71. The van der Waals surface area contributed by atoms with Crippen molar-refractivity contribution in [3.8, 4) is 0 Å². The topological polar surface area (TPSA) is 150 Å². The highest BCUT2D eigenvalue weighted by Crippen LogP contribution is 2.21. The highest BCUT2D eigenvalue weighted by atomic mass is 16.4. The minimum Gasteiger partial charge on any atom is -0.480 e. The van der Waals surface area contributed by atoms with E-state index in [1.54, 1.807) is 13.8 Å². The van der Waals surface area contributed by atoms with Gasteiger partial charge < -0.3 is 26.2 Å². The fraction of sp³-hybridized carbons (Fsp3) is 0.789. The smallest absolute Gasteiger partial charge is 0.326 e. The number of aliphatic hydroxyl groups excluding tert-OH is 1. The molecular formula is C19H33N3O6. The van der Waals surface area contributed by atoms with Gasteiger partial charge in [0.15, 0.2) is 0 Å². The Kier molecular flexibility index (Phi) is 9.37. The summed E-state index contributed by atoms with van der Waals surface area (Å²) >= 11 is 0. The van der Waals surface area contributed by atoms with E-state index in [1.165, 1.54) is 4.90 Å². The second kappa shape index (κ2) is 11.0. The van der Waals surface area contributed by atoms with Gasteiger partial charge in [-0.15, -0.1) is 0 Å². The number of carbonyl (C=O) groups excluding carboxylic acids is 3. The quantitative estimate of drug-likeness (QED) is 0.366. The number of rotatable bonds is 11. The summed E-state index contributed by atoms with van der Waals surface area (Å²) in [7, 11) is 0. The van der Waals surface area contributed by atoms with Crippen LogP contribution in [0.5, 0.6) is 0 Å². The number of carbonyl (C=O) groups is 4. The maximum atomic E-state index is 12.9. The molecule has 0 bridgehead atoms. The molecule has 0 aromatic rings. The van der Waals surface area contributed by atoms with Crippen molar-refractivity contribution < 1.29 is 29.4 Å². The van der Waals surface area contributed by atoms with Gasteiger partial charge in [-0.2, -0.15) is 0 Å². The van der Waals surface area contributed by atoms with Gasteiger partial charge in [-0.25, -0.2) is 4.79 Å². The second-order valence-corrected chi connectivity index (χ2v) is 7.71. The Morgan fingerprint density at radius 3 is 2.36 bits per heavy atom. The number of carboxylic acid groups (broad SMARTS) is 1. The summed E-state index contributed by atoms with van der Waals surface area (Å²) in [5.41, 5.74) is 5.17. The number of aliphatic carboxylic acids is 1. The third-order valence-electron chi connectivity index (χ3n) is 5.18. The number of hydrogen-bond donors (Lipinski definition) is 4. The van der Waals surface area contributed by atoms with Crippen LogP contribution in [-0.2, 0) is 19.2 Å². The van der Waals surface area contributed by atoms with Gasteiger partial charge in [-0.1, -0.05) is 40.0 Å². The number of likely N-dealkylation sites (tertiary alicyclic amines) is 1. The third-order valence-corrected chi connectivity index (χ3v) is 5.18. The monoisotopic (exact) mass is 399 g/mol. The molecule has 1 heterocycles. The normalized spacial score (nSPS) is 19.9. The molecule has 1 aliphatic rings. The molecule has 4 atom stereocenters. The van der Waals surface area contributed by atoms with Crippen molar-refractivity contribution >= 4 is 23.7 Å². The zero-order valence-corrected chi connectivity index (χ0v) is 16.9. The summed E-state index contributed by atoms with van der Waals surface area (Å²) in [6, 6.07) is -1.84. The molecule has 3 amide bonds. The predicted molar refractivity (Wildman–Crippen MR) is 102 cm³/mol. The van der Waals surface area contributed by atoms with E-state index in [4.69, 9.17) is 5.73 Å². The predicted octanol–water partition coefficient (Wildman–Crippen LogP) is 0.246. The van der Waals surface area contributed by atoms with Gasteiger partial charge in [0.05, 0.1) is 5.92 Å². The maximum Gasteiger partial charge on any atom is 0.326 e. The Hall–Kier alpha value is -2.16. The van der Waals surface area contributed by atoms with Crippen LogP contribution in [0.1, 0.15) is 59.3 Å². The molecule has 4 unspecified atom stereocenters. The van der Waals surface area contributed by atoms with E-state index in [0.717, 1.165) is 12.8 Å². The Bertz CT molecular complexity index is 580. The molecule has 1 fully saturated rings. The van der Waals surface area contributed by atoms with Crippen molar-refractivity contribution in [3.63, 3.8) is 0 Å². The van der Waals surface area contributed by atoms with Crippen molar-refractivity contribution in [2.75, 3.05) is 6.54 Å². The third kappa shape index (κ3) is 6.19. The Labute approximate surface area is 165 Å². The highest BCUT2D eigenvalue weighted by molar-refractivity contribution is 5.93. The largest absolute Gasteiger partial charge is 0.480 e. The minimum absolute atomic E-state index is 0.268. The lowest BCUT2D eigenvalue weighted by atomic mass is 9.92. The fourth-order valence-corrected chi connectivity index (χ4v) is 3.48. The van der Waals surface area contributed by atoms with Crippen LogP contribution in [0.3, 0.4) is 0 Å². The average Bonchev–Trinajstić information content (AvgIpc) is 3.11. The molecule has 1 rings (SSSR count). The van der Waals surface area contributed by atoms with E-state index >= 15 is 0 Å². The summed E-state index contributed by atoms with van der Waals surface area (Å²) in [4.78, 5) is 49.8. The Morgan fingerprint density at radius 2 is 1.86 bits per heavy atom. The van der Waals surface area contributed by atoms with Crippen LogP contribution in [0.2, 0.25) is 0 Å². The lowest BCUT2D eigenvalue weighted by Crippen LogP contribution is -2.56. The lowest BCUT2D eigenvalue weighted by molar-refractivity contribution is -0.150. The van der Waals surface area contributed by atoms with Crippen LogP contribution in [0.25, 0.3) is 0 Å². The summed E-state index contributed by atoms with van der Waals surface area (Å²) in [5.74, 6) is -4.49. The number of carboxylic acids is 1. The average molecular weight is 399 g/mol. The zero-order chi connectivity index (χ0) is 21.4. The highest BCUT2D eigenvalue weighted by Gasteiger charge is 2.40. The van der Waals surface area contributed by atoms with Gasteiger partial charge >= 0.3 is 5.97 Å². The van der Waals surface area contributed by atoms with Gasteiger partial charge in [0, 0.05) is 6.54 Å². The number of primary amides is 1. The van der Waals surface area contributed by atoms with Crippen molar-refractivity contribution in [1.29, 1.82) is 0 Å². The standard InChI is InChI=1S/C19H33N3O6/c1-4-5-6-8-12(15(23)16(20)24)17(25)21-14(11(2)3)18(26)22-10-7-9-13(22)19(27)28/h11-15,23H,4-10H2,1-3H3,(H2,20,24)(H,21,25)(H,27,28). The van der Waals surface area contributed by atoms with Crippen molar-refractivity contribution in [1.82, 2.24) is 10.2 Å². The van der Waals surface area contributed by atoms with E-state index < -0.39 is 47.8 Å². The number of nitrogens with one attached hydrogen (secondary N) is 1. The van der Waals surface area contributed by atoms with Crippen LogP contribution >= 0.6 is 0 Å². The van der Waals surface area contributed by atoms with Crippen LogP contribution in [-0.4, -0.2) is 63.5 Å². The van der Waals surface area contributed by atoms with E-state index in [9.17, 15) is 29.4 Å². The fourth-order valence-electron chi connectivity index (χ4n) is 3.48.